The zero-order valence-corrected chi connectivity index (χ0v) is 10.8. The first-order chi connectivity index (χ1) is 9.22. The van der Waals surface area contributed by atoms with Crippen molar-refractivity contribution in [3.05, 3.63) is 66.0 Å². The Balaban J connectivity index is 2.20. The van der Waals surface area contributed by atoms with E-state index >= 15 is 0 Å². The summed E-state index contributed by atoms with van der Waals surface area (Å²) in [7, 11) is 0. The minimum absolute atomic E-state index is 0.0898. The van der Waals surface area contributed by atoms with Crippen LogP contribution >= 0.6 is 0 Å². The number of pyridine rings is 1. The van der Waals surface area contributed by atoms with Crippen molar-refractivity contribution in [2.75, 3.05) is 0 Å². The van der Waals surface area contributed by atoms with Crippen LogP contribution in [0.1, 0.15) is 17.2 Å². The Morgan fingerprint density at radius 1 is 1.21 bits per heavy atom. The monoisotopic (exact) mass is 251 g/mol. The summed E-state index contributed by atoms with van der Waals surface area (Å²) in [5.41, 5.74) is 1.75. The molecule has 1 aromatic heterocycles. The predicted octanol–water partition coefficient (Wildman–Crippen LogP) is 2.16. The minimum atomic E-state index is -0.701. The van der Waals surface area contributed by atoms with Crippen LogP contribution in [0.25, 0.3) is 0 Å². The number of carbonyl (C=O) groups excluding carboxylic acids is 1. The van der Waals surface area contributed by atoms with Crippen molar-refractivity contribution in [3.8, 4) is 6.07 Å². The fraction of sp³-hybridized carbons (Fsp3) is 0.188. The molecule has 0 spiro atoms. The van der Waals surface area contributed by atoms with Crippen LogP contribution < -0.4 is 4.57 Å². The van der Waals surface area contributed by atoms with Crippen molar-refractivity contribution in [2.45, 2.75) is 19.4 Å². The van der Waals surface area contributed by atoms with Crippen molar-refractivity contribution < 1.29 is 9.36 Å². The fourth-order valence-electron chi connectivity index (χ4n) is 1.98. The van der Waals surface area contributed by atoms with Crippen LogP contribution in [0.4, 0.5) is 0 Å². The number of benzene rings is 1. The number of hydrogen-bond donors (Lipinski definition) is 0. The van der Waals surface area contributed by atoms with Crippen molar-refractivity contribution in [1.29, 1.82) is 5.26 Å². The van der Waals surface area contributed by atoms with Crippen LogP contribution in [0.2, 0.25) is 0 Å². The Morgan fingerprint density at radius 2 is 1.89 bits per heavy atom. The Hall–Kier alpha value is -2.47. The van der Waals surface area contributed by atoms with Gasteiger partial charge in [0.2, 0.25) is 12.3 Å². The standard InChI is InChI=1S/C16H15N2O/c1-13-7-5-6-10-18(13)12-16(19)15(11-17)14-8-3-2-4-9-14/h2-10,15H,12H2,1H3/q+1/t15-/m1/s1. The van der Waals surface area contributed by atoms with Crippen LogP contribution in [0.3, 0.4) is 0 Å². The molecule has 0 radical (unpaired) electrons. The zero-order chi connectivity index (χ0) is 13.7. The number of nitrogens with zero attached hydrogens (tertiary/aromatic N) is 2. The molecule has 0 unspecified atom stereocenters. The molecule has 0 saturated heterocycles. The number of aryl methyl sites for hydroxylation is 1. The molecule has 0 aliphatic rings. The van der Waals surface area contributed by atoms with Crippen molar-refractivity contribution in [2.24, 2.45) is 0 Å². The normalized spacial score (nSPS) is 11.6. The Bertz CT molecular complexity index is 614. The van der Waals surface area contributed by atoms with Crippen LogP contribution in [0.15, 0.2) is 54.7 Å². The van der Waals surface area contributed by atoms with Gasteiger partial charge in [-0.25, -0.2) is 0 Å². The van der Waals surface area contributed by atoms with Crippen LogP contribution in [0.5, 0.6) is 0 Å². The molecule has 0 amide bonds. The lowest BCUT2D eigenvalue weighted by molar-refractivity contribution is -0.690. The topological polar surface area (TPSA) is 44.7 Å². The molecule has 0 aliphatic heterocycles. The maximum atomic E-state index is 12.3. The minimum Gasteiger partial charge on any atom is -0.291 e. The van der Waals surface area contributed by atoms with Crippen LogP contribution in [-0.2, 0) is 11.3 Å². The summed E-state index contributed by atoms with van der Waals surface area (Å²) in [5.74, 6) is -0.790. The molecule has 1 aromatic carbocycles. The first-order valence-corrected chi connectivity index (χ1v) is 6.14. The summed E-state index contributed by atoms with van der Waals surface area (Å²) < 4.78 is 1.86. The lowest BCUT2D eigenvalue weighted by Gasteiger charge is -2.06. The molecule has 94 valence electrons. The third kappa shape index (κ3) is 3.05. The van der Waals surface area contributed by atoms with E-state index in [9.17, 15) is 10.1 Å². The second kappa shape index (κ2) is 5.92. The lowest BCUT2D eigenvalue weighted by atomic mass is 9.96. The molecular formula is C16H15N2O+. The van der Waals surface area contributed by atoms with E-state index in [1.807, 2.05) is 66.2 Å². The number of nitriles is 1. The molecule has 0 bridgehead atoms. The first-order valence-electron chi connectivity index (χ1n) is 6.14. The van der Waals surface area contributed by atoms with Crippen molar-refractivity contribution >= 4 is 5.78 Å². The van der Waals surface area contributed by atoms with Gasteiger partial charge in [-0.2, -0.15) is 9.83 Å². The van der Waals surface area contributed by atoms with Crippen molar-refractivity contribution in [1.82, 2.24) is 0 Å². The molecular weight excluding hydrogens is 236 g/mol. The Kier molecular flexibility index (Phi) is 4.04. The number of aromatic nitrogens is 1. The summed E-state index contributed by atoms with van der Waals surface area (Å²) in [6.07, 6.45) is 1.85. The molecule has 2 aromatic rings. The Morgan fingerprint density at radius 3 is 2.53 bits per heavy atom. The average molecular weight is 251 g/mol. The van der Waals surface area contributed by atoms with E-state index in [4.69, 9.17) is 0 Å². The highest BCUT2D eigenvalue weighted by atomic mass is 16.1. The maximum Gasteiger partial charge on any atom is 0.218 e. The molecule has 0 N–H and O–H groups in total. The molecule has 1 atom stereocenters. The first kappa shape index (κ1) is 13.0. The number of hydrogen-bond acceptors (Lipinski definition) is 2. The highest BCUT2D eigenvalue weighted by Crippen LogP contribution is 2.15. The van der Waals surface area contributed by atoms with E-state index in [0.29, 0.717) is 0 Å². The van der Waals surface area contributed by atoms with Gasteiger partial charge in [0, 0.05) is 19.1 Å². The second-order valence-electron chi connectivity index (χ2n) is 4.41. The highest BCUT2D eigenvalue weighted by Gasteiger charge is 2.23. The number of rotatable bonds is 4. The largest absolute Gasteiger partial charge is 0.291 e. The fourth-order valence-corrected chi connectivity index (χ4v) is 1.98. The molecule has 3 nitrogen and oxygen atoms in total. The van der Waals surface area contributed by atoms with Crippen molar-refractivity contribution in [3.63, 3.8) is 0 Å². The van der Waals surface area contributed by atoms with Gasteiger partial charge < -0.3 is 0 Å². The average Bonchev–Trinajstić information content (AvgIpc) is 2.43. The van der Waals surface area contributed by atoms with Gasteiger partial charge in [-0.15, -0.1) is 0 Å². The predicted molar refractivity (Wildman–Crippen MR) is 71.2 cm³/mol. The Labute approximate surface area is 112 Å². The molecule has 0 saturated carbocycles. The van der Waals surface area contributed by atoms with Gasteiger partial charge in [-0.3, -0.25) is 4.79 Å². The third-order valence-corrected chi connectivity index (χ3v) is 3.08. The summed E-state index contributed by atoms with van der Waals surface area (Å²) in [6, 6.07) is 17.0. The van der Waals surface area contributed by atoms with Gasteiger partial charge in [0.05, 0.1) is 6.07 Å². The van der Waals surface area contributed by atoms with E-state index in [0.717, 1.165) is 11.3 Å². The van der Waals surface area contributed by atoms with Crippen LogP contribution in [-0.4, -0.2) is 5.78 Å². The van der Waals surface area contributed by atoms with Gasteiger partial charge in [-0.1, -0.05) is 36.4 Å². The third-order valence-electron chi connectivity index (χ3n) is 3.08. The zero-order valence-electron chi connectivity index (χ0n) is 10.8. The van der Waals surface area contributed by atoms with Gasteiger partial charge in [0.25, 0.3) is 0 Å². The highest BCUT2D eigenvalue weighted by molar-refractivity contribution is 5.87. The van der Waals surface area contributed by atoms with E-state index < -0.39 is 5.92 Å². The molecule has 0 fully saturated rings. The second-order valence-corrected chi connectivity index (χ2v) is 4.41. The summed E-state index contributed by atoms with van der Waals surface area (Å²) in [6.45, 7) is 2.16. The number of ketones is 1. The number of Topliss-reactive ketones (excluding diaryl/α,β-unsaturated/α-hetero) is 1. The molecule has 3 heteroatoms. The van der Waals surface area contributed by atoms with Gasteiger partial charge in [-0.05, 0) is 5.56 Å². The quantitative estimate of drug-likeness (QED) is 0.782. The lowest BCUT2D eigenvalue weighted by Crippen LogP contribution is -2.41. The van der Waals surface area contributed by atoms with Gasteiger partial charge in [0.1, 0.15) is 5.92 Å². The van der Waals surface area contributed by atoms with E-state index in [1.165, 1.54) is 0 Å². The van der Waals surface area contributed by atoms with Crippen LogP contribution in [0, 0.1) is 18.3 Å². The molecule has 1 heterocycles. The van der Waals surface area contributed by atoms with E-state index in [2.05, 4.69) is 6.07 Å². The molecule has 19 heavy (non-hydrogen) atoms. The van der Waals surface area contributed by atoms with E-state index in [1.54, 1.807) is 0 Å². The number of carbonyl (C=O) groups is 1. The maximum absolute atomic E-state index is 12.3. The molecule has 0 aliphatic carbocycles. The summed E-state index contributed by atoms with van der Waals surface area (Å²) in [4.78, 5) is 12.3. The molecule has 2 rings (SSSR count). The van der Waals surface area contributed by atoms with Gasteiger partial charge in [0.15, 0.2) is 11.9 Å². The summed E-state index contributed by atoms with van der Waals surface area (Å²) >= 11 is 0. The summed E-state index contributed by atoms with van der Waals surface area (Å²) in [5, 5.41) is 9.22. The van der Waals surface area contributed by atoms with E-state index in [-0.39, 0.29) is 12.3 Å². The van der Waals surface area contributed by atoms with Gasteiger partial charge >= 0.3 is 0 Å². The smallest absolute Gasteiger partial charge is 0.218 e. The SMILES string of the molecule is Cc1cccc[n+]1CC(=O)[C@H](C#N)c1ccccc1.